The molecule has 0 saturated carbocycles. The highest BCUT2D eigenvalue weighted by Crippen LogP contribution is 2.28. The lowest BCUT2D eigenvalue weighted by molar-refractivity contribution is 0.521. The molecule has 2 aromatic carbocycles. The van der Waals surface area contributed by atoms with E-state index in [1.165, 1.54) is 34.4 Å². The van der Waals surface area contributed by atoms with E-state index in [-0.39, 0.29) is 4.90 Å². The Morgan fingerprint density at radius 2 is 1.81 bits per heavy atom. The first-order valence-corrected chi connectivity index (χ1v) is 11.3. The number of imidazole rings is 1. The van der Waals surface area contributed by atoms with Crippen molar-refractivity contribution in [2.24, 2.45) is 0 Å². The van der Waals surface area contributed by atoms with Crippen molar-refractivity contribution in [1.82, 2.24) is 13.9 Å². The first-order chi connectivity index (χ1) is 12.7. The molecule has 7 heteroatoms. The maximum absolute atomic E-state index is 12.4. The second-order valence-corrected chi connectivity index (χ2v) is 9.95. The van der Waals surface area contributed by atoms with Crippen molar-refractivity contribution >= 4 is 32.8 Å². The van der Waals surface area contributed by atoms with Gasteiger partial charge in [0.2, 0.25) is 10.0 Å². The fraction of sp³-hybridized carbons (Fsp3) is 0.350. The zero-order valence-corrected chi connectivity index (χ0v) is 18.0. The molecule has 0 saturated heterocycles. The summed E-state index contributed by atoms with van der Waals surface area (Å²) in [6, 6.07) is 11.6. The van der Waals surface area contributed by atoms with E-state index >= 15 is 0 Å². The first-order valence-electron chi connectivity index (χ1n) is 8.85. The number of hydrogen-bond donors (Lipinski definition) is 0. The quantitative estimate of drug-likeness (QED) is 0.579. The highest BCUT2D eigenvalue weighted by atomic mass is 32.2. The molecule has 3 aromatic rings. The van der Waals surface area contributed by atoms with Gasteiger partial charge in [0.1, 0.15) is 5.82 Å². The number of benzene rings is 2. The normalized spacial score (nSPS) is 12.2. The second-order valence-electron chi connectivity index (χ2n) is 6.74. The highest BCUT2D eigenvalue weighted by molar-refractivity contribution is 7.98. The fourth-order valence-corrected chi connectivity index (χ4v) is 4.81. The van der Waals surface area contributed by atoms with Gasteiger partial charge in [0.25, 0.3) is 0 Å². The Hall–Kier alpha value is -1.83. The van der Waals surface area contributed by atoms with E-state index in [4.69, 9.17) is 4.98 Å². The summed E-state index contributed by atoms with van der Waals surface area (Å²) in [5.41, 5.74) is 4.25. The van der Waals surface area contributed by atoms with E-state index in [1.54, 1.807) is 23.9 Å². The van der Waals surface area contributed by atoms with Crippen LogP contribution in [0, 0.1) is 13.8 Å². The van der Waals surface area contributed by atoms with Crippen LogP contribution in [0.2, 0.25) is 0 Å². The minimum Gasteiger partial charge on any atom is -0.328 e. The average molecular weight is 404 g/mol. The maximum atomic E-state index is 12.4. The van der Waals surface area contributed by atoms with Gasteiger partial charge in [-0.3, -0.25) is 0 Å². The van der Waals surface area contributed by atoms with E-state index in [1.807, 2.05) is 6.07 Å². The Morgan fingerprint density at radius 3 is 2.44 bits per heavy atom. The molecule has 27 heavy (non-hydrogen) atoms. The van der Waals surface area contributed by atoms with Crippen molar-refractivity contribution in [1.29, 1.82) is 0 Å². The lowest BCUT2D eigenvalue weighted by atomic mass is 10.1. The van der Waals surface area contributed by atoms with Crippen LogP contribution in [-0.2, 0) is 22.3 Å². The van der Waals surface area contributed by atoms with E-state index in [0.717, 1.165) is 29.2 Å². The van der Waals surface area contributed by atoms with Crippen LogP contribution in [0.3, 0.4) is 0 Å². The summed E-state index contributed by atoms with van der Waals surface area (Å²) in [7, 11) is -0.389. The molecule has 0 aliphatic rings. The molecule has 1 heterocycles. The third-order valence-electron chi connectivity index (χ3n) is 4.74. The zero-order valence-electron chi connectivity index (χ0n) is 16.4. The minimum absolute atomic E-state index is 0.272. The van der Waals surface area contributed by atoms with Crippen molar-refractivity contribution in [2.75, 3.05) is 14.1 Å². The van der Waals surface area contributed by atoms with Crippen molar-refractivity contribution < 1.29 is 8.42 Å². The van der Waals surface area contributed by atoms with Crippen molar-refractivity contribution in [3.05, 3.63) is 53.3 Å². The fourth-order valence-electron chi connectivity index (χ4n) is 2.95. The number of nitrogens with zero attached hydrogens (tertiary/aromatic N) is 3. The van der Waals surface area contributed by atoms with Gasteiger partial charge < -0.3 is 4.57 Å². The Bertz CT molecular complexity index is 1090. The lowest BCUT2D eigenvalue weighted by Crippen LogP contribution is -2.22. The number of hydrogen-bond acceptors (Lipinski definition) is 4. The molecule has 0 spiro atoms. The van der Waals surface area contributed by atoms with Gasteiger partial charge in [0.05, 0.1) is 21.7 Å². The van der Waals surface area contributed by atoms with E-state index in [2.05, 4.69) is 43.5 Å². The predicted molar refractivity (Wildman–Crippen MR) is 112 cm³/mol. The van der Waals surface area contributed by atoms with Crippen molar-refractivity contribution in [3.8, 4) is 0 Å². The van der Waals surface area contributed by atoms with Crippen LogP contribution in [0.4, 0.5) is 0 Å². The molecule has 0 radical (unpaired) electrons. The third-order valence-corrected chi connectivity index (χ3v) is 7.54. The molecule has 5 nitrogen and oxygen atoms in total. The third kappa shape index (κ3) is 3.90. The molecule has 0 aliphatic carbocycles. The van der Waals surface area contributed by atoms with Crippen LogP contribution in [0.1, 0.15) is 23.9 Å². The molecule has 0 fully saturated rings. The highest BCUT2D eigenvalue weighted by Gasteiger charge is 2.19. The smallest absolute Gasteiger partial charge is 0.242 e. The predicted octanol–water partition coefficient (Wildman–Crippen LogP) is 4.22. The molecule has 0 N–H and O–H groups in total. The Balaban J connectivity index is 1.94. The van der Waals surface area contributed by atoms with Crippen LogP contribution in [0.5, 0.6) is 0 Å². The van der Waals surface area contributed by atoms with Crippen LogP contribution >= 0.6 is 11.8 Å². The van der Waals surface area contributed by atoms with Gasteiger partial charge in [-0.05, 0) is 62.2 Å². The molecule has 1 aromatic heterocycles. The molecule has 3 rings (SSSR count). The Labute approximate surface area is 165 Å². The lowest BCUT2D eigenvalue weighted by Gasteiger charge is -2.11. The summed E-state index contributed by atoms with van der Waals surface area (Å²) in [6.45, 7) is 7.10. The minimum atomic E-state index is -3.46. The summed E-state index contributed by atoms with van der Waals surface area (Å²) in [4.78, 5) is 6.22. The molecule has 0 atom stereocenters. The number of aryl methyl sites for hydroxylation is 3. The molecule has 0 bridgehead atoms. The maximum Gasteiger partial charge on any atom is 0.242 e. The number of thioether (sulfide) groups is 1. The van der Waals surface area contributed by atoms with E-state index in [0.29, 0.717) is 0 Å². The molecule has 0 unspecified atom stereocenters. The molecular weight excluding hydrogens is 378 g/mol. The average Bonchev–Trinajstić information content (AvgIpc) is 2.99. The van der Waals surface area contributed by atoms with Gasteiger partial charge in [-0.2, -0.15) is 0 Å². The van der Waals surface area contributed by atoms with Gasteiger partial charge in [0, 0.05) is 25.5 Å². The van der Waals surface area contributed by atoms with Crippen molar-refractivity contribution in [2.45, 2.75) is 42.9 Å². The summed E-state index contributed by atoms with van der Waals surface area (Å²) < 4.78 is 28.2. The van der Waals surface area contributed by atoms with Gasteiger partial charge in [-0.1, -0.05) is 6.07 Å². The summed E-state index contributed by atoms with van der Waals surface area (Å²) in [6.07, 6.45) is 0. The number of rotatable bonds is 6. The van der Waals surface area contributed by atoms with Crippen molar-refractivity contribution in [3.63, 3.8) is 0 Å². The zero-order chi connectivity index (χ0) is 19.8. The standard InChI is InChI=1S/C20H25N3O2S2/c1-6-23-19-10-9-17(27(24,25)22(4)5)12-18(19)21-20(23)13-26-16-8-7-14(2)15(3)11-16/h7-12H,6,13H2,1-5H3. The van der Waals surface area contributed by atoms with Crippen LogP contribution < -0.4 is 0 Å². The van der Waals surface area contributed by atoms with Gasteiger partial charge >= 0.3 is 0 Å². The summed E-state index contributed by atoms with van der Waals surface area (Å²) in [5, 5.41) is 0. The summed E-state index contributed by atoms with van der Waals surface area (Å²) >= 11 is 1.75. The molecular formula is C20H25N3O2S2. The Kier molecular flexibility index (Phi) is 5.65. The SMILES string of the molecule is CCn1c(CSc2ccc(C)c(C)c2)nc2cc(S(=O)(=O)N(C)C)ccc21. The van der Waals surface area contributed by atoms with Gasteiger partial charge in [-0.25, -0.2) is 17.7 Å². The van der Waals surface area contributed by atoms with Crippen LogP contribution in [0.25, 0.3) is 11.0 Å². The first kappa shape index (κ1) is 19.9. The Morgan fingerprint density at radius 1 is 1.07 bits per heavy atom. The second kappa shape index (κ2) is 7.66. The van der Waals surface area contributed by atoms with E-state index in [9.17, 15) is 8.42 Å². The van der Waals surface area contributed by atoms with Crippen LogP contribution in [-0.4, -0.2) is 36.4 Å². The number of sulfonamides is 1. The van der Waals surface area contributed by atoms with Gasteiger partial charge in [-0.15, -0.1) is 11.8 Å². The molecule has 0 amide bonds. The number of fused-ring (bicyclic) bond motifs is 1. The summed E-state index contributed by atoms with van der Waals surface area (Å²) in [5.74, 6) is 1.69. The largest absolute Gasteiger partial charge is 0.328 e. The molecule has 0 aliphatic heterocycles. The molecule has 144 valence electrons. The van der Waals surface area contributed by atoms with E-state index < -0.39 is 10.0 Å². The topological polar surface area (TPSA) is 55.2 Å². The number of aromatic nitrogens is 2. The van der Waals surface area contributed by atoms with Gasteiger partial charge in [0.15, 0.2) is 0 Å². The van der Waals surface area contributed by atoms with Crippen LogP contribution in [0.15, 0.2) is 46.2 Å². The monoisotopic (exact) mass is 403 g/mol.